The summed E-state index contributed by atoms with van der Waals surface area (Å²) >= 11 is 0. The molecular formula is C13H20N2O. The van der Waals surface area contributed by atoms with Gasteiger partial charge >= 0.3 is 0 Å². The van der Waals surface area contributed by atoms with Gasteiger partial charge in [0.05, 0.1) is 0 Å². The number of carbonyl (C=O) groups excluding carboxylic acids is 1. The highest BCUT2D eigenvalue weighted by molar-refractivity contribution is 5.96. The van der Waals surface area contributed by atoms with Crippen molar-refractivity contribution in [1.82, 2.24) is 10.3 Å². The van der Waals surface area contributed by atoms with Crippen LogP contribution in [-0.2, 0) is 0 Å². The van der Waals surface area contributed by atoms with E-state index in [2.05, 4.69) is 31.1 Å². The molecule has 3 nitrogen and oxygen atoms in total. The molecule has 1 aromatic rings. The Morgan fingerprint density at radius 3 is 2.62 bits per heavy atom. The predicted molar refractivity (Wildman–Crippen MR) is 65.7 cm³/mol. The zero-order valence-electron chi connectivity index (χ0n) is 10.5. The Hall–Kier alpha value is -1.22. The quantitative estimate of drug-likeness (QED) is 0.792. The lowest BCUT2D eigenvalue weighted by atomic mass is 10.1. The van der Waals surface area contributed by atoms with Crippen molar-refractivity contribution < 1.29 is 4.79 Å². The summed E-state index contributed by atoms with van der Waals surface area (Å²) < 4.78 is 0. The van der Waals surface area contributed by atoms with Crippen LogP contribution >= 0.6 is 0 Å². The number of aromatic nitrogens is 1. The van der Waals surface area contributed by atoms with Crippen molar-refractivity contribution in [2.24, 2.45) is 0 Å². The second-order valence-electron chi connectivity index (χ2n) is 5.10. The first-order chi connectivity index (χ1) is 7.38. The maximum Gasteiger partial charge on any atom is 0.165 e. The summed E-state index contributed by atoms with van der Waals surface area (Å²) in [5.74, 6) is 0.146. The number of nitrogens with one attached hydrogen (secondary N) is 1. The van der Waals surface area contributed by atoms with Crippen LogP contribution in [0.4, 0.5) is 0 Å². The molecule has 0 aromatic carbocycles. The van der Waals surface area contributed by atoms with Gasteiger partial charge in [0.25, 0.3) is 0 Å². The molecule has 0 saturated heterocycles. The maximum absolute atomic E-state index is 11.8. The Bertz CT molecular complexity index is 366. The molecule has 0 aliphatic heterocycles. The molecule has 0 atom stereocenters. The summed E-state index contributed by atoms with van der Waals surface area (Å²) in [5, 5.41) is 3.30. The van der Waals surface area contributed by atoms with Crippen LogP contribution in [0.3, 0.4) is 0 Å². The molecular weight excluding hydrogens is 200 g/mol. The Balaban J connectivity index is 2.47. The Morgan fingerprint density at radius 1 is 1.38 bits per heavy atom. The van der Waals surface area contributed by atoms with Crippen LogP contribution in [0, 0.1) is 6.92 Å². The first-order valence-corrected chi connectivity index (χ1v) is 5.58. The number of nitrogens with zero attached hydrogens (tertiary/aromatic N) is 1. The minimum absolute atomic E-state index is 0.0606. The van der Waals surface area contributed by atoms with Gasteiger partial charge in [-0.1, -0.05) is 0 Å². The molecule has 0 radical (unpaired) electrons. The van der Waals surface area contributed by atoms with Crippen molar-refractivity contribution in [2.45, 2.75) is 39.7 Å². The lowest BCUT2D eigenvalue weighted by Gasteiger charge is -2.20. The van der Waals surface area contributed by atoms with Crippen LogP contribution in [0.15, 0.2) is 18.5 Å². The fourth-order valence-corrected chi connectivity index (χ4v) is 1.40. The molecule has 1 heterocycles. The van der Waals surface area contributed by atoms with Gasteiger partial charge in [0.15, 0.2) is 5.78 Å². The van der Waals surface area contributed by atoms with Gasteiger partial charge in [-0.05, 0) is 39.3 Å². The predicted octanol–water partition coefficient (Wildman–Crippen LogP) is 2.35. The van der Waals surface area contributed by atoms with E-state index in [1.54, 1.807) is 12.4 Å². The van der Waals surface area contributed by atoms with Gasteiger partial charge in [-0.2, -0.15) is 0 Å². The third kappa shape index (κ3) is 4.53. The van der Waals surface area contributed by atoms with Crippen LogP contribution in [0.25, 0.3) is 0 Å². The topological polar surface area (TPSA) is 42.0 Å². The van der Waals surface area contributed by atoms with Crippen molar-refractivity contribution in [2.75, 3.05) is 6.54 Å². The van der Waals surface area contributed by atoms with Crippen LogP contribution in [0.5, 0.6) is 0 Å². The number of aryl methyl sites for hydroxylation is 1. The highest BCUT2D eigenvalue weighted by atomic mass is 16.1. The zero-order chi connectivity index (χ0) is 12.2. The summed E-state index contributed by atoms with van der Waals surface area (Å²) in [6.07, 6.45) is 3.90. The van der Waals surface area contributed by atoms with Gasteiger partial charge in [0.1, 0.15) is 0 Å². The van der Waals surface area contributed by atoms with E-state index in [1.165, 1.54) is 0 Å². The first kappa shape index (κ1) is 12.8. The number of ketones is 1. The number of hydrogen-bond acceptors (Lipinski definition) is 3. The number of carbonyl (C=O) groups is 1. The largest absolute Gasteiger partial charge is 0.312 e. The highest BCUT2D eigenvalue weighted by Gasteiger charge is 2.10. The molecule has 3 heteroatoms. The standard InChI is InChI=1S/C13H20N2O/c1-10-7-11(9-14-8-10)12(16)5-6-15-13(2,3)4/h7-9,15H,5-6H2,1-4H3. The summed E-state index contributed by atoms with van der Waals surface area (Å²) in [6, 6.07) is 1.88. The number of rotatable bonds is 4. The fraction of sp³-hybridized carbons (Fsp3) is 0.538. The smallest absolute Gasteiger partial charge is 0.165 e. The van der Waals surface area contributed by atoms with E-state index >= 15 is 0 Å². The average Bonchev–Trinajstić information content (AvgIpc) is 2.15. The Kier molecular flexibility index (Phi) is 4.19. The molecule has 1 aromatic heterocycles. The van der Waals surface area contributed by atoms with Gasteiger partial charge in [0, 0.05) is 36.5 Å². The molecule has 0 amide bonds. The molecule has 0 unspecified atom stereocenters. The third-order valence-electron chi connectivity index (χ3n) is 2.20. The molecule has 0 spiro atoms. The summed E-state index contributed by atoms with van der Waals surface area (Å²) in [6.45, 7) is 8.91. The van der Waals surface area contributed by atoms with E-state index in [0.717, 1.165) is 5.56 Å². The monoisotopic (exact) mass is 220 g/mol. The van der Waals surface area contributed by atoms with Crippen molar-refractivity contribution in [3.05, 3.63) is 29.6 Å². The van der Waals surface area contributed by atoms with Crippen LogP contribution < -0.4 is 5.32 Å². The van der Waals surface area contributed by atoms with E-state index in [9.17, 15) is 4.79 Å². The number of pyridine rings is 1. The van der Waals surface area contributed by atoms with E-state index < -0.39 is 0 Å². The summed E-state index contributed by atoms with van der Waals surface area (Å²) in [5.41, 5.74) is 1.79. The maximum atomic E-state index is 11.8. The molecule has 16 heavy (non-hydrogen) atoms. The molecule has 1 rings (SSSR count). The molecule has 0 aliphatic carbocycles. The van der Waals surface area contributed by atoms with Crippen LogP contribution in [0.2, 0.25) is 0 Å². The minimum Gasteiger partial charge on any atom is -0.312 e. The molecule has 0 saturated carbocycles. The molecule has 0 aliphatic rings. The minimum atomic E-state index is 0.0606. The molecule has 1 N–H and O–H groups in total. The van der Waals surface area contributed by atoms with Crippen LogP contribution in [-0.4, -0.2) is 22.9 Å². The lowest BCUT2D eigenvalue weighted by Crippen LogP contribution is -2.37. The second-order valence-corrected chi connectivity index (χ2v) is 5.10. The van der Waals surface area contributed by atoms with Gasteiger partial charge in [-0.25, -0.2) is 0 Å². The second kappa shape index (κ2) is 5.21. The van der Waals surface area contributed by atoms with Gasteiger partial charge in [0.2, 0.25) is 0 Å². The van der Waals surface area contributed by atoms with E-state index in [1.807, 2.05) is 13.0 Å². The fourth-order valence-electron chi connectivity index (χ4n) is 1.40. The Morgan fingerprint density at radius 2 is 2.06 bits per heavy atom. The van der Waals surface area contributed by atoms with E-state index in [4.69, 9.17) is 0 Å². The molecule has 0 bridgehead atoms. The SMILES string of the molecule is Cc1cncc(C(=O)CCNC(C)(C)C)c1. The number of hydrogen-bond donors (Lipinski definition) is 1. The first-order valence-electron chi connectivity index (χ1n) is 5.58. The number of Topliss-reactive ketones (excluding diaryl/α,β-unsaturated/α-hetero) is 1. The van der Waals surface area contributed by atoms with Crippen molar-refractivity contribution in [1.29, 1.82) is 0 Å². The summed E-state index contributed by atoms with van der Waals surface area (Å²) in [7, 11) is 0. The normalized spacial score (nSPS) is 11.5. The highest BCUT2D eigenvalue weighted by Crippen LogP contribution is 2.05. The van der Waals surface area contributed by atoms with Gasteiger partial charge < -0.3 is 5.32 Å². The van der Waals surface area contributed by atoms with Crippen molar-refractivity contribution in [3.63, 3.8) is 0 Å². The lowest BCUT2D eigenvalue weighted by molar-refractivity contribution is 0.0980. The van der Waals surface area contributed by atoms with Crippen molar-refractivity contribution in [3.8, 4) is 0 Å². The third-order valence-corrected chi connectivity index (χ3v) is 2.20. The molecule has 0 fully saturated rings. The Labute approximate surface area is 97.3 Å². The van der Waals surface area contributed by atoms with Gasteiger partial charge in [-0.3, -0.25) is 9.78 Å². The molecule has 88 valence electrons. The average molecular weight is 220 g/mol. The summed E-state index contributed by atoms with van der Waals surface area (Å²) in [4.78, 5) is 15.8. The van der Waals surface area contributed by atoms with E-state index in [-0.39, 0.29) is 11.3 Å². The van der Waals surface area contributed by atoms with Crippen molar-refractivity contribution >= 4 is 5.78 Å². The van der Waals surface area contributed by atoms with E-state index in [0.29, 0.717) is 18.5 Å². The van der Waals surface area contributed by atoms with Crippen LogP contribution in [0.1, 0.15) is 43.1 Å². The van der Waals surface area contributed by atoms with Gasteiger partial charge in [-0.15, -0.1) is 0 Å². The zero-order valence-corrected chi connectivity index (χ0v) is 10.5.